The Morgan fingerprint density at radius 1 is 1.16 bits per heavy atom. The molecule has 4 aromatic heterocycles. The molecule has 2 atom stereocenters. The molecule has 0 aromatic carbocycles. The lowest BCUT2D eigenvalue weighted by Gasteiger charge is -2.20. The molecule has 0 bridgehead atoms. The Hall–Kier alpha value is -4.20. The van der Waals surface area contributed by atoms with E-state index >= 15 is 0 Å². The number of carbonyl (C=O) groups is 3. The van der Waals surface area contributed by atoms with Gasteiger partial charge in [0, 0.05) is 50.3 Å². The number of nitrogens with zero attached hydrogens (tertiary/aromatic N) is 7. The van der Waals surface area contributed by atoms with Gasteiger partial charge in [0.2, 0.25) is 12.3 Å². The number of hydrogen-bond acceptors (Lipinski definition) is 9. The molecule has 0 spiro atoms. The summed E-state index contributed by atoms with van der Waals surface area (Å²) in [6, 6.07) is 4.89. The second-order valence-electron chi connectivity index (χ2n) is 10.2. The number of halogens is 3. The van der Waals surface area contributed by atoms with E-state index in [0.29, 0.717) is 34.3 Å². The molecule has 1 aliphatic heterocycles. The van der Waals surface area contributed by atoms with Crippen molar-refractivity contribution in [2.45, 2.75) is 52.6 Å². The van der Waals surface area contributed by atoms with Crippen molar-refractivity contribution >= 4 is 50.6 Å². The third-order valence-corrected chi connectivity index (χ3v) is 7.49. The number of alkyl halides is 2. The minimum Gasteiger partial charge on any atom is -0.373 e. The van der Waals surface area contributed by atoms with Crippen molar-refractivity contribution in [3.8, 4) is 11.3 Å². The molecule has 1 amide bonds. The van der Waals surface area contributed by atoms with E-state index < -0.39 is 24.3 Å². The van der Waals surface area contributed by atoms with Crippen LogP contribution < -0.4 is 5.32 Å². The van der Waals surface area contributed by atoms with Crippen LogP contribution in [0.4, 0.5) is 14.6 Å². The fourth-order valence-corrected chi connectivity index (χ4v) is 5.22. The van der Waals surface area contributed by atoms with E-state index in [2.05, 4.69) is 46.3 Å². The molecule has 4 aromatic rings. The number of Topliss-reactive ketones (excluding diaryl/α,β-unsaturated/α-hetero) is 1. The largest absolute Gasteiger partial charge is 0.373 e. The maximum Gasteiger partial charge on any atom is 0.244 e. The third-order valence-electron chi connectivity index (χ3n) is 7.05. The maximum atomic E-state index is 13.0. The fourth-order valence-electron chi connectivity index (χ4n) is 4.91. The predicted molar refractivity (Wildman–Crippen MR) is 160 cm³/mol. The zero-order valence-corrected chi connectivity index (χ0v) is 25.7. The number of fused-ring (bicyclic) bond motifs is 1. The van der Waals surface area contributed by atoms with Gasteiger partial charge in [0.1, 0.15) is 34.8 Å². The van der Waals surface area contributed by atoms with Gasteiger partial charge in [-0.3, -0.25) is 19.3 Å². The van der Waals surface area contributed by atoms with E-state index in [1.54, 1.807) is 25.4 Å². The number of carbonyl (C=O) groups excluding carboxylic acids is 3. The first-order valence-corrected chi connectivity index (χ1v) is 14.3. The zero-order valence-electron chi connectivity index (χ0n) is 24.1. The van der Waals surface area contributed by atoms with Gasteiger partial charge in [0.05, 0.1) is 23.4 Å². The van der Waals surface area contributed by atoms with Gasteiger partial charge in [-0.1, -0.05) is 6.07 Å². The Labute approximate surface area is 255 Å². The number of nitrogens with one attached hydrogen (secondary N) is 1. The number of pyridine rings is 2. The Kier molecular flexibility index (Phi) is 10.2. The summed E-state index contributed by atoms with van der Waals surface area (Å²) in [5, 5.41) is 7.82. The number of aromatic nitrogens is 6. The lowest BCUT2D eigenvalue weighted by atomic mass is 10.0. The summed E-state index contributed by atoms with van der Waals surface area (Å²) in [6.07, 6.45) is 2.73. The lowest BCUT2D eigenvalue weighted by molar-refractivity contribution is -0.135. The number of anilines is 1. The zero-order chi connectivity index (χ0) is 31.3. The average molecular weight is 658 g/mol. The molecule has 1 saturated heterocycles. The standard InChI is InChI=1S/C22H22F2N6O3.C7H9BrN2/c1-12(32)22-17-5-18(15-6-25-13(2)26-7-15)27-8-19(17)30(28-22)10-21(33)29-9-14(4-20(23)24)3-16(29)11-31;1-5-3-4-6(8)10-7(5)9-2/h5-8,11,14,16,20H,3-4,9-10H2,1-2H3;3-4H,1-2H3,(H,9,10). The number of aldehydes is 1. The van der Waals surface area contributed by atoms with Gasteiger partial charge < -0.3 is 15.0 Å². The molecule has 11 nitrogen and oxygen atoms in total. The predicted octanol–water partition coefficient (Wildman–Crippen LogP) is 4.66. The van der Waals surface area contributed by atoms with Crippen molar-refractivity contribution in [2.75, 3.05) is 18.9 Å². The van der Waals surface area contributed by atoms with Crippen LogP contribution in [0.1, 0.15) is 41.6 Å². The molecule has 2 unspecified atom stereocenters. The minimum atomic E-state index is -2.50. The van der Waals surface area contributed by atoms with E-state index in [1.165, 1.54) is 22.7 Å². The van der Waals surface area contributed by atoms with Crippen molar-refractivity contribution in [1.82, 2.24) is 34.6 Å². The number of likely N-dealkylation sites (tertiary alicyclic amines) is 1. The molecule has 226 valence electrons. The van der Waals surface area contributed by atoms with Crippen LogP contribution in [0.5, 0.6) is 0 Å². The molecule has 0 radical (unpaired) electrons. The topological polar surface area (TPSA) is 136 Å². The highest BCUT2D eigenvalue weighted by atomic mass is 79.9. The molecule has 1 aliphatic rings. The maximum absolute atomic E-state index is 13.0. The first-order chi connectivity index (χ1) is 20.5. The molecule has 0 aliphatic carbocycles. The smallest absolute Gasteiger partial charge is 0.244 e. The fraction of sp³-hybridized carbons (Fsp3) is 0.379. The van der Waals surface area contributed by atoms with Crippen LogP contribution in [-0.4, -0.2) is 78.7 Å². The highest BCUT2D eigenvalue weighted by Crippen LogP contribution is 2.29. The third kappa shape index (κ3) is 7.61. The van der Waals surface area contributed by atoms with Crippen LogP contribution in [0.25, 0.3) is 22.2 Å². The molecular weight excluding hydrogens is 626 g/mol. The van der Waals surface area contributed by atoms with Crippen molar-refractivity contribution in [2.24, 2.45) is 5.92 Å². The first-order valence-electron chi connectivity index (χ1n) is 13.5. The average Bonchev–Trinajstić information content (AvgIpc) is 3.55. The van der Waals surface area contributed by atoms with Gasteiger partial charge in [-0.05, 0) is 59.8 Å². The van der Waals surface area contributed by atoms with Gasteiger partial charge in [0.15, 0.2) is 5.78 Å². The molecule has 14 heteroatoms. The Morgan fingerprint density at radius 3 is 2.49 bits per heavy atom. The monoisotopic (exact) mass is 656 g/mol. The Balaban J connectivity index is 0.000000359. The number of aryl methyl sites for hydroxylation is 2. The van der Waals surface area contributed by atoms with Gasteiger partial charge >= 0.3 is 0 Å². The lowest BCUT2D eigenvalue weighted by Crippen LogP contribution is -2.39. The summed E-state index contributed by atoms with van der Waals surface area (Å²) < 4.78 is 27.8. The molecule has 5 heterocycles. The van der Waals surface area contributed by atoms with E-state index in [9.17, 15) is 23.2 Å². The van der Waals surface area contributed by atoms with E-state index in [-0.39, 0.29) is 37.4 Å². The van der Waals surface area contributed by atoms with Crippen LogP contribution in [0.2, 0.25) is 0 Å². The van der Waals surface area contributed by atoms with Crippen LogP contribution in [0, 0.1) is 19.8 Å². The highest BCUT2D eigenvalue weighted by molar-refractivity contribution is 9.10. The number of rotatable bonds is 8. The van der Waals surface area contributed by atoms with Crippen molar-refractivity contribution in [1.29, 1.82) is 0 Å². The van der Waals surface area contributed by atoms with Crippen LogP contribution in [0.3, 0.4) is 0 Å². The van der Waals surface area contributed by atoms with Crippen LogP contribution in [0.15, 0.2) is 41.4 Å². The van der Waals surface area contributed by atoms with Crippen molar-refractivity contribution < 1.29 is 23.2 Å². The van der Waals surface area contributed by atoms with Crippen LogP contribution >= 0.6 is 15.9 Å². The molecule has 5 rings (SSSR count). The Morgan fingerprint density at radius 2 is 1.88 bits per heavy atom. The summed E-state index contributed by atoms with van der Waals surface area (Å²) in [5.74, 6) is 0.385. The first kappa shape index (κ1) is 31.7. The van der Waals surface area contributed by atoms with Gasteiger partial charge in [-0.15, -0.1) is 0 Å². The minimum absolute atomic E-state index is 0.0845. The second-order valence-corrected chi connectivity index (χ2v) is 11.0. The molecule has 1 N–H and O–H groups in total. The molecular formula is C29H31BrF2N8O3. The summed E-state index contributed by atoms with van der Waals surface area (Å²) in [7, 11) is 1.86. The summed E-state index contributed by atoms with van der Waals surface area (Å²) in [4.78, 5) is 54.8. The highest BCUT2D eigenvalue weighted by Gasteiger charge is 2.36. The van der Waals surface area contributed by atoms with Crippen molar-refractivity contribution in [3.05, 3.63) is 58.5 Å². The summed E-state index contributed by atoms with van der Waals surface area (Å²) in [6.45, 7) is 5.00. The summed E-state index contributed by atoms with van der Waals surface area (Å²) >= 11 is 3.29. The van der Waals surface area contributed by atoms with E-state index in [0.717, 1.165) is 16.0 Å². The van der Waals surface area contributed by atoms with Crippen molar-refractivity contribution in [3.63, 3.8) is 0 Å². The molecule has 0 saturated carbocycles. The quantitative estimate of drug-likeness (QED) is 0.163. The van der Waals surface area contributed by atoms with E-state index in [1.807, 2.05) is 26.1 Å². The SMILES string of the molecule is CC(=O)c1nn(CC(=O)N2CC(CC(F)F)CC2C=O)c2cnc(-c3cnc(C)nc3)cc12.CNc1nc(Br)ccc1C. The molecule has 1 fully saturated rings. The number of ketones is 1. The van der Waals surface area contributed by atoms with Crippen LogP contribution in [-0.2, 0) is 16.1 Å². The van der Waals surface area contributed by atoms with Gasteiger partial charge in [-0.25, -0.2) is 23.7 Å². The van der Waals surface area contributed by atoms with Gasteiger partial charge in [-0.2, -0.15) is 5.10 Å². The second kappa shape index (κ2) is 13.8. The number of hydrogen-bond donors (Lipinski definition) is 1. The summed E-state index contributed by atoms with van der Waals surface area (Å²) in [5.41, 5.74) is 3.02. The molecule has 43 heavy (non-hydrogen) atoms. The van der Waals surface area contributed by atoms with Gasteiger partial charge in [0.25, 0.3) is 0 Å². The van der Waals surface area contributed by atoms with E-state index in [4.69, 9.17) is 0 Å². The normalized spacial score (nSPS) is 16.2. The Bertz CT molecular complexity index is 1630. The number of amides is 1.